The van der Waals surface area contributed by atoms with Gasteiger partial charge in [-0.1, -0.05) is 33.1 Å². The van der Waals surface area contributed by atoms with Gasteiger partial charge in [0.2, 0.25) is 0 Å². The maximum absolute atomic E-state index is 12.0. The van der Waals surface area contributed by atoms with Crippen molar-refractivity contribution in [3.8, 4) is 0 Å². The van der Waals surface area contributed by atoms with Crippen LogP contribution in [0.1, 0.15) is 59.3 Å². The highest BCUT2D eigenvalue weighted by molar-refractivity contribution is 5.75. The molecule has 0 heterocycles. The number of aliphatic hydroxyl groups is 1. The fourth-order valence-electron chi connectivity index (χ4n) is 2.74. The Morgan fingerprint density at radius 1 is 1.39 bits per heavy atom. The van der Waals surface area contributed by atoms with Crippen LogP contribution in [0.3, 0.4) is 0 Å². The van der Waals surface area contributed by atoms with E-state index >= 15 is 0 Å². The minimum Gasteiger partial charge on any atom is -0.394 e. The van der Waals surface area contributed by atoms with Gasteiger partial charge in [-0.15, -0.1) is 0 Å². The van der Waals surface area contributed by atoms with Gasteiger partial charge in [0.25, 0.3) is 0 Å². The summed E-state index contributed by atoms with van der Waals surface area (Å²) in [5, 5.41) is 15.3. The van der Waals surface area contributed by atoms with E-state index in [2.05, 4.69) is 24.5 Å². The fraction of sp³-hybridized carbons (Fsp3) is 0.929. The standard InChI is InChI=1S/C14H28N2O2/c1-4-9-14(3,10-17)16-13(18)15-12-8-6-5-7-11(12)2/h11-12,17H,4-10H2,1-3H3,(H2,15,16,18). The van der Waals surface area contributed by atoms with E-state index in [1.54, 1.807) is 0 Å². The Morgan fingerprint density at radius 3 is 2.61 bits per heavy atom. The second-order valence-corrected chi connectivity index (χ2v) is 5.94. The maximum atomic E-state index is 12.0. The molecule has 4 nitrogen and oxygen atoms in total. The molecule has 1 aliphatic rings. The van der Waals surface area contributed by atoms with Gasteiger partial charge in [-0.3, -0.25) is 0 Å². The first-order valence-corrected chi connectivity index (χ1v) is 7.20. The molecule has 2 amide bonds. The number of carbonyl (C=O) groups is 1. The predicted molar refractivity (Wildman–Crippen MR) is 73.5 cm³/mol. The Bertz CT molecular complexity index is 271. The van der Waals surface area contributed by atoms with Gasteiger partial charge in [0.1, 0.15) is 0 Å². The van der Waals surface area contributed by atoms with Gasteiger partial charge in [0.15, 0.2) is 0 Å². The highest BCUT2D eigenvalue weighted by Gasteiger charge is 2.27. The largest absolute Gasteiger partial charge is 0.394 e. The molecule has 0 aromatic heterocycles. The van der Waals surface area contributed by atoms with E-state index in [-0.39, 0.29) is 18.7 Å². The Balaban J connectivity index is 2.44. The normalized spacial score (nSPS) is 27.3. The number of carbonyl (C=O) groups excluding carboxylic acids is 1. The smallest absolute Gasteiger partial charge is 0.315 e. The first-order chi connectivity index (χ1) is 8.50. The third kappa shape index (κ3) is 4.48. The van der Waals surface area contributed by atoms with Crippen molar-refractivity contribution in [1.29, 1.82) is 0 Å². The highest BCUT2D eigenvalue weighted by atomic mass is 16.3. The van der Waals surface area contributed by atoms with E-state index in [0.717, 1.165) is 19.3 Å². The summed E-state index contributed by atoms with van der Waals surface area (Å²) in [5.74, 6) is 0.552. The van der Waals surface area contributed by atoms with Crippen LogP contribution in [0.25, 0.3) is 0 Å². The third-order valence-corrected chi connectivity index (χ3v) is 3.99. The lowest BCUT2D eigenvalue weighted by atomic mass is 9.86. The molecule has 1 fully saturated rings. The van der Waals surface area contributed by atoms with Crippen molar-refractivity contribution in [1.82, 2.24) is 10.6 Å². The summed E-state index contributed by atoms with van der Waals surface area (Å²) in [6, 6.07) is 0.141. The second-order valence-electron chi connectivity index (χ2n) is 5.94. The van der Waals surface area contributed by atoms with Crippen molar-refractivity contribution in [2.45, 2.75) is 70.9 Å². The molecular weight excluding hydrogens is 228 g/mol. The molecule has 0 saturated heterocycles. The molecule has 1 rings (SSSR count). The van der Waals surface area contributed by atoms with Crippen LogP contribution in [0.4, 0.5) is 4.79 Å². The lowest BCUT2D eigenvalue weighted by Crippen LogP contribution is -2.55. The minimum atomic E-state index is -0.503. The zero-order valence-corrected chi connectivity index (χ0v) is 12.0. The summed E-state index contributed by atoms with van der Waals surface area (Å²) in [6.07, 6.45) is 6.45. The van der Waals surface area contributed by atoms with Crippen LogP contribution in [0, 0.1) is 5.92 Å². The molecule has 3 unspecified atom stereocenters. The van der Waals surface area contributed by atoms with Crippen molar-refractivity contribution in [2.24, 2.45) is 5.92 Å². The maximum Gasteiger partial charge on any atom is 0.315 e. The summed E-state index contributed by atoms with van der Waals surface area (Å²) >= 11 is 0. The van der Waals surface area contributed by atoms with Crippen LogP contribution < -0.4 is 10.6 Å². The number of hydrogen-bond donors (Lipinski definition) is 3. The van der Waals surface area contributed by atoms with Crippen LogP contribution in [0.5, 0.6) is 0 Å². The molecule has 106 valence electrons. The van der Waals surface area contributed by atoms with Crippen LogP contribution >= 0.6 is 0 Å². The van der Waals surface area contributed by atoms with E-state index in [9.17, 15) is 9.90 Å². The van der Waals surface area contributed by atoms with Crippen LogP contribution in [0.15, 0.2) is 0 Å². The number of amides is 2. The van der Waals surface area contributed by atoms with Crippen molar-refractivity contribution in [3.05, 3.63) is 0 Å². The predicted octanol–water partition coefficient (Wildman–Crippen LogP) is 2.42. The molecule has 0 bridgehead atoms. The quantitative estimate of drug-likeness (QED) is 0.707. The van der Waals surface area contributed by atoms with Gasteiger partial charge in [0, 0.05) is 6.04 Å². The second kappa shape index (κ2) is 6.98. The van der Waals surface area contributed by atoms with Gasteiger partial charge in [-0.05, 0) is 32.1 Å². The van der Waals surface area contributed by atoms with Gasteiger partial charge >= 0.3 is 6.03 Å². The molecular formula is C14H28N2O2. The molecule has 3 N–H and O–H groups in total. The molecule has 1 saturated carbocycles. The molecule has 0 radical (unpaired) electrons. The number of aliphatic hydroxyl groups excluding tert-OH is 1. The summed E-state index contributed by atoms with van der Waals surface area (Å²) in [7, 11) is 0. The van der Waals surface area contributed by atoms with Gasteiger partial charge in [-0.2, -0.15) is 0 Å². The lowest BCUT2D eigenvalue weighted by Gasteiger charge is -2.33. The SMILES string of the molecule is CCCC(C)(CO)NC(=O)NC1CCCCC1C. The molecule has 1 aliphatic carbocycles. The van der Waals surface area contributed by atoms with Crippen LogP contribution in [-0.2, 0) is 0 Å². The summed E-state index contributed by atoms with van der Waals surface area (Å²) in [4.78, 5) is 12.0. The molecule has 0 aromatic carbocycles. The monoisotopic (exact) mass is 256 g/mol. The Morgan fingerprint density at radius 2 is 2.06 bits per heavy atom. The highest BCUT2D eigenvalue weighted by Crippen LogP contribution is 2.23. The summed E-state index contributed by atoms with van der Waals surface area (Å²) in [5.41, 5.74) is -0.503. The first-order valence-electron chi connectivity index (χ1n) is 7.20. The molecule has 18 heavy (non-hydrogen) atoms. The number of nitrogens with one attached hydrogen (secondary N) is 2. The Kier molecular flexibility index (Phi) is 5.93. The zero-order valence-electron chi connectivity index (χ0n) is 12.0. The average molecular weight is 256 g/mol. The van der Waals surface area contributed by atoms with Gasteiger partial charge in [-0.25, -0.2) is 4.79 Å². The fourth-order valence-corrected chi connectivity index (χ4v) is 2.74. The lowest BCUT2D eigenvalue weighted by molar-refractivity contribution is 0.158. The zero-order chi connectivity index (χ0) is 13.6. The summed E-state index contributed by atoms with van der Waals surface area (Å²) < 4.78 is 0. The van der Waals surface area contributed by atoms with E-state index in [4.69, 9.17) is 0 Å². The average Bonchev–Trinajstić information content (AvgIpc) is 2.32. The van der Waals surface area contributed by atoms with E-state index in [1.165, 1.54) is 19.3 Å². The van der Waals surface area contributed by atoms with E-state index in [1.807, 2.05) is 6.92 Å². The molecule has 0 aromatic rings. The molecule has 4 heteroatoms. The van der Waals surface area contributed by atoms with Crippen molar-refractivity contribution < 1.29 is 9.90 Å². The van der Waals surface area contributed by atoms with E-state index < -0.39 is 5.54 Å². The van der Waals surface area contributed by atoms with E-state index in [0.29, 0.717) is 5.92 Å². The molecule has 3 atom stereocenters. The Labute approximate surface area is 111 Å². The third-order valence-electron chi connectivity index (χ3n) is 3.99. The number of hydrogen-bond acceptors (Lipinski definition) is 2. The van der Waals surface area contributed by atoms with Crippen molar-refractivity contribution in [3.63, 3.8) is 0 Å². The van der Waals surface area contributed by atoms with Crippen molar-refractivity contribution >= 4 is 6.03 Å². The topological polar surface area (TPSA) is 61.4 Å². The first kappa shape index (κ1) is 15.3. The number of rotatable bonds is 5. The van der Waals surface area contributed by atoms with Crippen molar-refractivity contribution in [2.75, 3.05) is 6.61 Å². The Hall–Kier alpha value is -0.770. The molecule has 0 aliphatic heterocycles. The number of urea groups is 1. The summed E-state index contributed by atoms with van der Waals surface area (Å²) in [6.45, 7) is 6.12. The van der Waals surface area contributed by atoms with Crippen LogP contribution in [-0.4, -0.2) is 29.3 Å². The molecule has 0 spiro atoms. The minimum absolute atomic E-state index is 0.0194. The van der Waals surface area contributed by atoms with Gasteiger partial charge in [0.05, 0.1) is 12.1 Å². The van der Waals surface area contributed by atoms with Crippen LogP contribution in [0.2, 0.25) is 0 Å². The van der Waals surface area contributed by atoms with Gasteiger partial charge < -0.3 is 15.7 Å².